The van der Waals surface area contributed by atoms with Gasteiger partial charge in [-0.1, -0.05) is 18.2 Å². The molecule has 9 heteroatoms. The first-order valence-electron chi connectivity index (χ1n) is 7.60. The molecule has 3 heterocycles. The Kier molecular flexibility index (Phi) is 4.02. The summed E-state index contributed by atoms with van der Waals surface area (Å²) in [6.45, 7) is 1.72. The molecule has 1 aromatic carbocycles. The Morgan fingerprint density at radius 3 is 2.85 bits per heavy atom. The third kappa shape index (κ3) is 2.76. The molecule has 0 radical (unpaired) electrons. The van der Waals surface area contributed by atoms with Gasteiger partial charge in [0.1, 0.15) is 17.1 Å². The van der Waals surface area contributed by atoms with Crippen LogP contribution in [0.4, 0.5) is 11.4 Å². The van der Waals surface area contributed by atoms with Gasteiger partial charge in [0.05, 0.1) is 9.80 Å². The van der Waals surface area contributed by atoms with E-state index in [1.165, 1.54) is 17.4 Å². The standard InChI is InChI=1S/C17H12N4O3S2/c1-10-4-2-5-12(21(23)24)15(10)19-16(22)13-9-26-17-18-11(8-20(13)17)14-6-3-7-25-14/h2-9H,1H3,(H,19,22). The SMILES string of the molecule is Cc1cccc([N+](=O)[O-])c1NC(=O)c1csc2nc(-c3cccs3)cn12. The molecule has 0 saturated carbocycles. The first-order valence-corrected chi connectivity index (χ1v) is 9.36. The molecular formula is C17H12N4O3S2. The van der Waals surface area contributed by atoms with E-state index in [1.807, 2.05) is 17.5 Å². The number of hydrogen-bond acceptors (Lipinski definition) is 6. The molecule has 0 bridgehead atoms. The van der Waals surface area contributed by atoms with Crippen LogP contribution in [-0.4, -0.2) is 20.2 Å². The zero-order valence-electron chi connectivity index (χ0n) is 13.5. The van der Waals surface area contributed by atoms with Gasteiger partial charge in [-0.05, 0) is 23.9 Å². The number of rotatable bonds is 4. The second-order valence-electron chi connectivity index (χ2n) is 5.56. The van der Waals surface area contributed by atoms with Gasteiger partial charge < -0.3 is 5.32 Å². The third-order valence-electron chi connectivity index (χ3n) is 3.90. The molecule has 7 nitrogen and oxygen atoms in total. The van der Waals surface area contributed by atoms with Gasteiger partial charge in [-0.25, -0.2) is 4.98 Å². The van der Waals surface area contributed by atoms with Crippen molar-refractivity contribution in [2.24, 2.45) is 0 Å². The molecule has 3 aromatic heterocycles. The summed E-state index contributed by atoms with van der Waals surface area (Å²) in [5, 5.41) is 17.6. The third-order valence-corrected chi connectivity index (χ3v) is 5.63. The highest BCUT2D eigenvalue weighted by Crippen LogP contribution is 2.30. The van der Waals surface area contributed by atoms with E-state index >= 15 is 0 Å². The average molecular weight is 384 g/mol. The molecule has 0 saturated heterocycles. The molecule has 4 rings (SSSR count). The summed E-state index contributed by atoms with van der Waals surface area (Å²) in [5.41, 5.74) is 1.89. The molecule has 0 aliphatic heterocycles. The zero-order valence-corrected chi connectivity index (χ0v) is 15.1. The molecule has 0 spiro atoms. The van der Waals surface area contributed by atoms with E-state index in [2.05, 4.69) is 10.3 Å². The number of nitro groups is 1. The van der Waals surface area contributed by atoms with E-state index in [0.717, 1.165) is 10.6 Å². The first kappa shape index (κ1) is 16.4. The topological polar surface area (TPSA) is 89.5 Å². The summed E-state index contributed by atoms with van der Waals surface area (Å²) in [5.74, 6) is -0.413. The van der Waals surface area contributed by atoms with Gasteiger partial charge >= 0.3 is 0 Å². The molecule has 0 atom stereocenters. The number of nitro benzene ring substituents is 1. The molecule has 1 N–H and O–H groups in total. The number of aryl methyl sites for hydroxylation is 1. The summed E-state index contributed by atoms with van der Waals surface area (Å²) in [4.78, 5) is 29.7. The Hall–Kier alpha value is -3.04. The van der Waals surface area contributed by atoms with Crippen LogP contribution in [0.15, 0.2) is 47.3 Å². The van der Waals surface area contributed by atoms with Crippen LogP contribution in [0.5, 0.6) is 0 Å². The Labute approximate surface area is 155 Å². The number of thiophene rings is 1. The summed E-state index contributed by atoms with van der Waals surface area (Å²) in [6, 6.07) is 8.59. The fourth-order valence-corrected chi connectivity index (χ4v) is 4.17. The summed E-state index contributed by atoms with van der Waals surface area (Å²) < 4.78 is 1.71. The number of benzene rings is 1. The number of aromatic nitrogens is 2. The van der Waals surface area contributed by atoms with E-state index in [4.69, 9.17) is 0 Å². The lowest BCUT2D eigenvalue weighted by molar-refractivity contribution is -0.383. The van der Waals surface area contributed by atoms with Crippen LogP contribution < -0.4 is 5.32 Å². The quantitative estimate of drug-likeness (QED) is 0.411. The smallest absolute Gasteiger partial charge is 0.293 e. The van der Waals surface area contributed by atoms with E-state index in [-0.39, 0.29) is 11.4 Å². The minimum Gasteiger partial charge on any atom is -0.315 e. The minimum absolute atomic E-state index is 0.130. The molecule has 1 amide bonds. The van der Waals surface area contributed by atoms with E-state index in [0.29, 0.717) is 16.2 Å². The van der Waals surface area contributed by atoms with Crippen LogP contribution in [0.3, 0.4) is 0 Å². The number of carbonyl (C=O) groups excluding carboxylic acids is 1. The molecule has 0 aliphatic rings. The molecule has 0 unspecified atom stereocenters. The van der Waals surface area contributed by atoms with E-state index in [9.17, 15) is 14.9 Å². The lowest BCUT2D eigenvalue weighted by Gasteiger charge is -2.08. The van der Waals surface area contributed by atoms with Gasteiger partial charge in [0.2, 0.25) is 0 Å². The Morgan fingerprint density at radius 2 is 2.12 bits per heavy atom. The van der Waals surface area contributed by atoms with Crippen molar-refractivity contribution >= 4 is 44.9 Å². The van der Waals surface area contributed by atoms with Crippen molar-refractivity contribution in [3.05, 3.63) is 68.7 Å². The first-order chi connectivity index (χ1) is 12.5. The Bertz CT molecular complexity index is 1130. The minimum atomic E-state index is -0.502. The highest BCUT2D eigenvalue weighted by Gasteiger charge is 2.21. The normalized spacial score (nSPS) is 11.0. The fourth-order valence-electron chi connectivity index (χ4n) is 2.63. The predicted octanol–water partition coefficient (Wildman–Crippen LogP) is 4.59. The maximum atomic E-state index is 12.7. The van der Waals surface area contributed by atoms with Crippen LogP contribution in [0, 0.1) is 17.0 Å². The Morgan fingerprint density at radius 1 is 1.27 bits per heavy atom. The van der Waals surface area contributed by atoms with Crippen molar-refractivity contribution in [1.29, 1.82) is 0 Å². The van der Waals surface area contributed by atoms with Crippen molar-refractivity contribution in [3.8, 4) is 10.6 Å². The van der Waals surface area contributed by atoms with E-state index < -0.39 is 10.8 Å². The number of para-hydroxylation sites is 1. The molecule has 26 heavy (non-hydrogen) atoms. The summed E-state index contributed by atoms with van der Waals surface area (Å²) >= 11 is 2.92. The number of carbonyl (C=O) groups is 1. The van der Waals surface area contributed by atoms with Crippen LogP contribution in [0.25, 0.3) is 15.5 Å². The molecular weight excluding hydrogens is 372 g/mol. The summed E-state index contributed by atoms with van der Waals surface area (Å²) in [6.07, 6.45) is 1.80. The van der Waals surface area contributed by atoms with Gasteiger partial charge in [-0.3, -0.25) is 19.3 Å². The van der Waals surface area contributed by atoms with Crippen molar-refractivity contribution < 1.29 is 9.72 Å². The van der Waals surface area contributed by atoms with Gasteiger partial charge in [-0.2, -0.15) is 0 Å². The molecule has 4 aromatic rings. The molecule has 0 fully saturated rings. The molecule has 130 valence electrons. The maximum Gasteiger partial charge on any atom is 0.293 e. The highest BCUT2D eigenvalue weighted by atomic mass is 32.1. The van der Waals surface area contributed by atoms with Crippen molar-refractivity contribution in [2.45, 2.75) is 6.92 Å². The lowest BCUT2D eigenvalue weighted by atomic mass is 10.1. The van der Waals surface area contributed by atoms with Crippen molar-refractivity contribution in [1.82, 2.24) is 9.38 Å². The number of imidazole rings is 1. The second-order valence-corrected chi connectivity index (χ2v) is 7.34. The van der Waals surface area contributed by atoms with Crippen LogP contribution in [0.2, 0.25) is 0 Å². The predicted molar refractivity (Wildman–Crippen MR) is 102 cm³/mol. The number of nitrogens with zero attached hydrogens (tertiary/aromatic N) is 3. The number of amides is 1. The van der Waals surface area contributed by atoms with Crippen LogP contribution in [-0.2, 0) is 0 Å². The van der Waals surface area contributed by atoms with Gasteiger partial charge in [0.25, 0.3) is 11.6 Å². The molecule has 0 aliphatic carbocycles. The van der Waals surface area contributed by atoms with Gasteiger partial charge in [-0.15, -0.1) is 22.7 Å². The number of thiazole rings is 1. The largest absolute Gasteiger partial charge is 0.315 e. The highest BCUT2D eigenvalue weighted by molar-refractivity contribution is 7.15. The van der Waals surface area contributed by atoms with Crippen molar-refractivity contribution in [3.63, 3.8) is 0 Å². The van der Waals surface area contributed by atoms with Crippen LogP contribution >= 0.6 is 22.7 Å². The van der Waals surface area contributed by atoms with Gasteiger partial charge in [0, 0.05) is 17.6 Å². The van der Waals surface area contributed by atoms with Crippen LogP contribution in [0.1, 0.15) is 16.1 Å². The average Bonchev–Trinajstić information content (AvgIpc) is 3.32. The number of hydrogen-bond donors (Lipinski definition) is 1. The zero-order chi connectivity index (χ0) is 18.3. The second kappa shape index (κ2) is 6.36. The summed E-state index contributed by atoms with van der Waals surface area (Å²) in [7, 11) is 0. The maximum absolute atomic E-state index is 12.7. The Balaban J connectivity index is 1.71. The number of fused-ring (bicyclic) bond motifs is 1. The monoisotopic (exact) mass is 384 g/mol. The number of nitrogens with one attached hydrogen (secondary N) is 1. The lowest BCUT2D eigenvalue weighted by Crippen LogP contribution is -2.15. The number of anilines is 1. The van der Waals surface area contributed by atoms with E-state index in [1.54, 1.807) is 46.4 Å². The van der Waals surface area contributed by atoms with Gasteiger partial charge in [0.15, 0.2) is 4.96 Å². The fraction of sp³-hybridized carbons (Fsp3) is 0.0588. The van der Waals surface area contributed by atoms with Crippen molar-refractivity contribution in [2.75, 3.05) is 5.32 Å².